The van der Waals surface area contributed by atoms with Crippen molar-refractivity contribution in [1.82, 2.24) is 0 Å². The molecule has 0 radical (unpaired) electrons. The molecule has 1 rings (SSSR count). The molecule has 0 amide bonds. The van der Waals surface area contributed by atoms with Gasteiger partial charge in [0, 0.05) is 5.92 Å². The highest BCUT2D eigenvalue weighted by Crippen LogP contribution is 2.29. The fourth-order valence-corrected chi connectivity index (χ4v) is 1.56. The van der Waals surface area contributed by atoms with Crippen LogP contribution in [0, 0.1) is 5.92 Å². The molecule has 1 aliphatic carbocycles. The normalized spacial score (nSPS) is 44.8. The van der Waals surface area contributed by atoms with Gasteiger partial charge in [0.25, 0.3) is 0 Å². The quantitative estimate of drug-likeness (QED) is 0.320. The molecule has 0 saturated heterocycles. The molecule has 0 unspecified atom stereocenters. The maximum absolute atomic E-state index is 9.25. The summed E-state index contributed by atoms with van der Waals surface area (Å²) < 4.78 is 0. The third-order valence-corrected chi connectivity index (χ3v) is 2.38. The van der Waals surface area contributed by atoms with Gasteiger partial charge in [-0.2, -0.15) is 0 Å². The van der Waals surface area contributed by atoms with Crippen LogP contribution in [0.3, 0.4) is 0 Å². The Kier molecular flexibility index (Phi) is 3.03. The molecular weight excluding hydrogens is 164 g/mol. The first-order valence-corrected chi connectivity index (χ1v) is 3.91. The van der Waals surface area contributed by atoms with Crippen molar-refractivity contribution in [3.05, 3.63) is 0 Å². The SMILES string of the molecule is OC[C@@H](O)[C@H]1C[C@@H](O)[C@@H](O)[C@H]1O. The van der Waals surface area contributed by atoms with Gasteiger partial charge in [-0.1, -0.05) is 0 Å². The van der Waals surface area contributed by atoms with Crippen LogP contribution in [0.2, 0.25) is 0 Å². The minimum atomic E-state index is -1.21. The molecule has 0 bridgehead atoms. The topological polar surface area (TPSA) is 101 Å². The fraction of sp³-hybridized carbons (Fsp3) is 1.00. The van der Waals surface area contributed by atoms with Gasteiger partial charge in [0.15, 0.2) is 0 Å². The van der Waals surface area contributed by atoms with Crippen molar-refractivity contribution >= 4 is 0 Å². The molecule has 5 heteroatoms. The third-order valence-electron chi connectivity index (χ3n) is 2.38. The van der Waals surface area contributed by atoms with Gasteiger partial charge in [0.05, 0.1) is 24.9 Å². The van der Waals surface area contributed by atoms with E-state index in [9.17, 15) is 5.11 Å². The smallest absolute Gasteiger partial charge is 0.106 e. The van der Waals surface area contributed by atoms with Crippen LogP contribution in [0.15, 0.2) is 0 Å². The highest BCUT2D eigenvalue weighted by atomic mass is 16.4. The molecule has 1 aliphatic rings. The van der Waals surface area contributed by atoms with Crippen LogP contribution in [-0.2, 0) is 0 Å². The monoisotopic (exact) mass is 178 g/mol. The molecule has 12 heavy (non-hydrogen) atoms. The first kappa shape index (κ1) is 9.88. The molecule has 0 aliphatic heterocycles. The van der Waals surface area contributed by atoms with Crippen LogP contribution in [0.25, 0.3) is 0 Å². The Bertz CT molecular complexity index is 151. The van der Waals surface area contributed by atoms with Gasteiger partial charge in [-0.05, 0) is 6.42 Å². The lowest BCUT2D eigenvalue weighted by Crippen LogP contribution is -2.35. The molecule has 1 fully saturated rings. The van der Waals surface area contributed by atoms with Gasteiger partial charge in [-0.15, -0.1) is 0 Å². The van der Waals surface area contributed by atoms with E-state index in [2.05, 4.69) is 0 Å². The van der Waals surface area contributed by atoms with Crippen molar-refractivity contribution in [3.8, 4) is 0 Å². The number of hydrogen-bond acceptors (Lipinski definition) is 5. The van der Waals surface area contributed by atoms with Crippen molar-refractivity contribution < 1.29 is 25.5 Å². The Morgan fingerprint density at radius 2 is 1.75 bits per heavy atom. The number of rotatable bonds is 2. The fourth-order valence-electron chi connectivity index (χ4n) is 1.56. The first-order chi connectivity index (χ1) is 5.57. The summed E-state index contributed by atoms with van der Waals surface area (Å²) in [4.78, 5) is 0. The predicted octanol–water partition coefficient (Wildman–Crippen LogP) is -2.56. The summed E-state index contributed by atoms with van der Waals surface area (Å²) in [5.74, 6) is -0.639. The molecular formula is C7H14O5. The Morgan fingerprint density at radius 3 is 2.08 bits per heavy atom. The summed E-state index contributed by atoms with van der Waals surface area (Å²) in [6.45, 7) is -0.471. The molecule has 1 saturated carbocycles. The molecule has 5 nitrogen and oxygen atoms in total. The van der Waals surface area contributed by atoms with E-state index in [1.54, 1.807) is 0 Å². The van der Waals surface area contributed by atoms with Crippen molar-refractivity contribution in [2.75, 3.05) is 6.61 Å². The summed E-state index contributed by atoms with van der Waals surface area (Å²) in [5, 5.41) is 45.1. The lowest BCUT2D eigenvalue weighted by Gasteiger charge is -2.19. The average Bonchev–Trinajstić information content (AvgIpc) is 2.32. The van der Waals surface area contributed by atoms with E-state index >= 15 is 0 Å². The Balaban J connectivity index is 2.58. The maximum Gasteiger partial charge on any atom is 0.106 e. The number of aliphatic hydroxyl groups is 5. The van der Waals surface area contributed by atoms with Gasteiger partial charge in [0.1, 0.15) is 6.10 Å². The van der Waals surface area contributed by atoms with E-state index in [0.717, 1.165) is 0 Å². The summed E-state index contributed by atoms with van der Waals surface area (Å²) in [7, 11) is 0. The van der Waals surface area contributed by atoms with E-state index in [0.29, 0.717) is 0 Å². The number of aliphatic hydroxyl groups excluding tert-OH is 5. The molecule has 72 valence electrons. The second-order valence-corrected chi connectivity index (χ2v) is 3.20. The van der Waals surface area contributed by atoms with Crippen LogP contribution in [-0.4, -0.2) is 56.6 Å². The van der Waals surface area contributed by atoms with Gasteiger partial charge >= 0.3 is 0 Å². The van der Waals surface area contributed by atoms with Crippen LogP contribution >= 0.6 is 0 Å². The average molecular weight is 178 g/mol. The van der Waals surface area contributed by atoms with Crippen molar-refractivity contribution in [2.24, 2.45) is 5.92 Å². The van der Waals surface area contributed by atoms with Crippen LogP contribution in [0.5, 0.6) is 0 Å². The summed E-state index contributed by atoms with van der Waals surface area (Å²) in [5.41, 5.74) is 0. The first-order valence-electron chi connectivity index (χ1n) is 3.91. The van der Waals surface area contributed by atoms with Crippen molar-refractivity contribution in [3.63, 3.8) is 0 Å². The predicted molar refractivity (Wildman–Crippen MR) is 39.2 cm³/mol. The maximum atomic E-state index is 9.25. The van der Waals surface area contributed by atoms with Gasteiger partial charge in [0.2, 0.25) is 0 Å². The molecule has 0 heterocycles. The van der Waals surface area contributed by atoms with Crippen molar-refractivity contribution in [1.29, 1.82) is 0 Å². The van der Waals surface area contributed by atoms with E-state index < -0.39 is 36.9 Å². The minimum absolute atomic E-state index is 0.115. The van der Waals surface area contributed by atoms with Gasteiger partial charge < -0.3 is 25.5 Å². The summed E-state index contributed by atoms with van der Waals surface area (Å²) in [6.07, 6.45) is -4.33. The molecule has 0 aromatic heterocycles. The van der Waals surface area contributed by atoms with E-state index in [-0.39, 0.29) is 6.42 Å². The second-order valence-electron chi connectivity index (χ2n) is 3.20. The number of hydrogen-bond donors (Lipinski definition) is 5. The lowest BCUT2D eigenvalue weighted by molar-refractivity contribution is -0.0496. The van der Waals surface area contributed by atoms with Crippen LogP contribution in [0.1, 0.15) is 6.42 Å². The molecule has 0 spiro atoms. The zero-order valence-corrected chi connectivity index (χ0v) is 6.54. The summed E-state index contributed by atoms with van der Waals surface area (Å²) >= 11 is 0. The van der Waals surface area contributed by atoms with E-state index in [4.69, 9.17) is 20.4 Å². The Labute approximate surface area is 69.9 Å². The zero-order chi connectivity index (χ0) is 9.30. The molecule has 5 N–H and O–H groups in total. The highest BCUT2D eigenvalue weighted by Gasteiger charge is 2.43. The Morgan fingerprint density at radius 1 is 1.17 bits per heavy atom. The van der Waals surface area contributed by atoms with Gasteiger partial charge in [-0.25, -0.2) is 0 Å². The molecule has 5 atom stereocenters. The lowest BCUT2D eigenvalue weighted by atomic mass is 9.99. The standard InChI is InChI=1S/C7H14O5/c8-2-5(10)3-1-4(9)7(12)6(3)11/h3-12H,1-2H2/t3-,4-,5-,6+,7-/m1/s1. The van der Waals surface area contributed by atoms with Gasteiger partial charge in [-0.3, -0.25) is 0 Å². The second kappa shape index (κ2) is 3.68. The van der Waals surface area contributed by atoms with Crippen LogP contribution < -0.4 is 0 Å². The zero-order valence-electron chi connectivity index (χ0n) is 6.54. The third kappa shape index (κ3) is 1.60. The largest absolute Gasteiger partial charge is 0.394 e. The van der Waals surface area contributed by atoms with E-state index in [1.807, 2.05) is 0 Å². The van der Waals surface area contributed by atoms with Crippen molar-refractivity contribution in [2.45, 2.75) is 30.8 Å². The molecule has 0 aromatic carbocycles. The Hall–Kier alpha value is -0.200. The highest BCUT2D eigenvalue weighted by molar-refractivity contribution is 4.93. The summed E-state index contributed by atoms with van der Waals surface area (Å²) in [6, 6.07) is 0. The minimum Gasteiger partial charge on any atom is -0.394 e. The van der Waals surface area contributed by atoms with E-state index in [1.165, 1.54) is 0 Å². The molecule has 0 aromatic rings. The van der Waals surface area contributed by atoms with Crippen LogP contribution in [0.4, 0.5) is 0 Å².